The Morgan fingerprint density at radius 3 is 2.28 bits per heavy atom. The van der Waals surface area contributed by atoms with Crippen LogP contribution in [0.1, 0.15) is 33.2 Å². The number of aromatic nitrogens is 1. The number of hydrogen-bond donors (Lipinski definition) is 3. The molecule has 0 fully saturated rings. The molecule has 1 heterocycles. The second-order valence-electron chi connectivity index (χ2n) is 7.06. The smallest absolute Gasteiger partial charge is 0.337 e. The number of rotatable bonds is 5. The first kappa shape index (κ1) is 18.7. The normalized spacial score (nSPS) is 12.3. The topological polar surface area (TPSA) is 106 Å². The molecule has 0 saturated heterocycles. The van der Waals surface area contributed by atoms with Crippen LogP contribution in [0.3, 0.4) is 0 Å². The van der Waals surface area contributed by atoms with Crippen LogP contribution in [0.5, 0.6) is 0 Å². The van der Waals surface area contributed by atoms with Crippen molar-refractivity contribution in [1.82, 2.24) is 4.57 Å². The Morgan fingerprint density at radius 2 is 1.62 bits per heavy atom. The van der Waals surface area contributed by atoms with Crippen LogP contribution >= 0.6 is 0 Å². The lowest BCUT2D eigenvalue weighted by atomic mass is 9.99. The Morgan fingerprint density at radius 1 is 0.966 bits per heavy atom. The molecule has 0 radical (unpaired) electrons. The van der Waals surface area contributed by atoms with E-state index >= 15 is 0 Å². The number of carbonyl (C=O) groups is 2. The standard InChI is InChI=1S/C23H20N2O4/c1-13-6-2-3-7-14(13)12-25-17-10-4-8-15(21(26)23(28)29)19(17)20-16(22(24)27)9-5-11-18(20)25/h2-11,21,26H,12H2,1H3,(H2,24,27)(H,28,29). The number of amides is 1. The highest BCUT2D eigenvalue weighted by molar-refractivity contribution is 6.19. The van der Waals surface area contributed by atoms with Crippen molar-refractivity contribution in [1.29, 1.82) is 0 Å². The first-order valence-electron chi connectivity index (χ1n) is 9.19. The van der Waals surface area contributed by atoms with E-state index in [1.54, 1.807) is 24.3 Å². The van der Waals surface area contributed by atoms with Gasteiger partial charge in [-0.2, -0.15) is 0 Å². The number of carboxylic acid groups (broad SMARTS) is 1. The molecule has 1 aromatic heterocycles. The predicted octanol–water partition coefficient (Wildman–Crippen LogP) is 3.37. The molecule has 0 aliphatic rings. The number of aryl methyl sites for hydroxylation is 1. The maximum atomic E-state index is 12.1. The van der Waals surface area contributed by atoms with Gasteiger partial charge < -0.3 is 20.5 Å². The summed E-state index contributed by atoms with van der Waals surface area (Å²) < 4.78 is 2.03. The minimum Gasteiger partial charge on any atom is -0.479 e. The first-order chi connectivity index (χ1) is 13.9. The molecule has 0 aliphatic carbocycles. The second kappa shape index (κ2) is 7.07. The summed E-state index contributed by atoms with van der Waals surface area (Å²) in [6.45, 7) is 2.55. The van der Waals surface area contributed by atoms with Gasteiger partial charge in [0.25, 0.3) is 0 Å². The van der Waals surface area contributed by atoms with E-state index in [0.717, 1.165) is 22.2 Å². The largest absolute Gasteiger partial charge is 0.479 e. The Bertz CT molecular complexity index is 1270. The summed E-state index contributed by atoms with van der Waals surface area (Å²) in [5.74, 6) is -1.96. The average molecular weight is 388 g/mol. The van der Waals surface area contributed by atoms with Gasteiger partial charge in [0, 0.05) is 34.0 Å². The van der Waals surface area contributed by atoms with E-state index in [1.807, 2.05) is 47.9 Å². The molecule has 4 N–H and O–H groups in total. The van der Waals surface area contributed by atoms with E-state index in [4.69, 9.17) is 5.73 Å². The van der Waals surface area contributed by atoms with Crippen molar-refractivity contribution in [2.24, 2.45) is 5.73 Å². The maximum Gasteiger partial charge on any atom is 0.337 e. The molecule has 29 heavy (non-hydrogen) atoms. The zero-order chi connectivity index (χ0) is 20.7. The second-order valence-corrected chi connectivity index (χ2v) is 7.06. The number of fused-ring (bicyclic) bond motifs is 3. The van der Waals surface area contributed by atoms with Gasteiger partial charge >= 0.3 is 5.97 Å². The monoisotopic (exact) mass is 388 g/mol. The minimum absolute atomic E-state index is 0.234. The van der Waals surface area contributed by atoms with Crippen LogP contribution in [0.4, 0.5) is 0 Å². The third-order valence-corrected chi connectivity index (χ3v) is 5.33. The van der Waals surface area contributed by atoms with Crippen molar-refractivity contribution in [3.05, 3.63) is 82.9 Å². The molecule has 4 rings (SSSR count). The molecule has 1 amide bonds. The summed E-state index contributed by atoms with van der Waals surface area (Å²) in [5, 5.41) is 20.8. The maximum absolute atomic E-state index is 12.1. The van der Waals surface area contributed by atoms with E-state index in [9.17, 15) is 19.8 Å². The molecule has 6 nitrogen and oxygen atoms in total. The Labute approximate surface area is 166 Å². The fourth-order valence-corrected chi connectivity index (χ4v) is 3.91. The van der Waals surface area contributed by atoms with E-state index in [0.29, 0.717) is 22.9 Å². The molecule has 6 heteroatoms. The molecule has 4 aromatic rings. The van der Waals surface area contributed by atoms with Crippen LogP contribution in [0.2, 0.25) is 0 Å². The van der Waals surface area contributed by atoms with Gasteiger partial charge in [0.1, 0.15) is 0 Å². The lowest BCUT2D eigenvalue weighted by Crippen LogP contribution is -2.12. The molecule has 0 spiro atoms. The van der Waals surface area contributed by atoms with Gasteiger partial charge in [-0.05, 0) is 36.2 Å². The average Bonchev–Trinajstić information content (AvgIpc) is 3.03. The van der Waals surface area contributed by atoms with Crippen LogP contribution in [0, 0.1) is 6.92 Å². The Kier molecular flexibility index (Phi) is 4.56. The molecule has 3 aromatic carbocycles. The van der Waals surface area contributed by atoms with Crippen molar-refractivity contribution in [3.63, 3.8) is 0 Å². The van der Waals surface area contributed by atoms with Gasteiger partial charge in [0.2, 0.25) is 5.91 Å². The summed E-state index contributed by atoms with van der Waals surface area (Å²) in [6.07, 6.45) is -1.71. The van der Waals surface area contributed by atoms with Crippen molar-refractivity contribution in [3.8, 4) is 0 Å². The number of nitrogens with zero attached hydrogens (tertiary/aromatic N) is 1. The van der Waals surface area contributed by atoms with Gasteiger partial charge in [-0.15, -0.1) is 0 Å². The third kappa shape index (κ3) is 3.03. The number of aliphatic hydroxyl groups is 1. The van der Waals surface area contributed by atoms with E-state index < -0.39 is 18.0 Å². The van der Waals surface area contributed by atoms with Crippen molar-refractivity contribution >= 4 is 33.7 Å². The number of benzene rings is 3. The predicted molar refractivity (Wildman–Crippen MR) is 111 cm³/mol. The zero-order valence-corrected chi connectivity index (χ0v) is 15.8. The third-order valence-electron chi connectivity index (χ3n) is 5.33. The zero-order valence-electron chi connectivity index (χ0n) is 15.8. The molecule has 0 aliphatic heterocycles. The lowest BCUT2D eigenvalue weighted by Gasteiger charge is -2.11. The summed E-state index contributed by atoms with van der Waals surface area (Å²) in [5.41, 5.74) is 9.85. The number of carboxylic acids is 1. The van der Waals surface area contributed by atoms with Crippen molar-refractivity contribution in [2.45, 2.75) is 19.6 Å². The highest BCUT2D eigenvalue weighted by Gasteiger charge is 2.24. The Balaban J connectivity index is 2.12. The van der Waals surface area contributed by atoms with Crippen LogP contribution in [-0.2, 0) is 11.3 Å². The van der Waals surface area contributed by atoms with Gasteiger partial charge in [-0.1, -0.05) is 42.5 Å². The number of aliphatic carboxylic acids is 1. The summed E-state index contributed by atoms with van der Waals surface area (Å²) >= 11 is 0. The van der Waals surface area contributed by atoms with Crippen LogP contribution in [-0.4, -0.2) is 26.7 Å². The van der Waals surface area contributed by atoms with Gasteiger partial charge in [-0.25, -0.2) is 4.79 Å². The molecular formula is C23H20N2O4. The molecular weight excluding hydrogens is 368 g/mol. The first-order valence-corrected chi connectivity index (χ1v) is 9.19. The van der Waals surface area contributed by atoms with Gasteiger partial charge in [0.05, 0.1) is 5.52 Å². The number of nitrogens with two attached hydrogens (primary N) is 1. The van der Waals surface area contributed by atoms with Crippen molar-refractivity contribution < 1.29 is 19.8 Å². The molecule has 146 valence electrons. The molecule has 0 saturated carbocycles. The highest BCUT2D eigenvalue weighted by Crippen LogP contribution is 2.37. The number of hydrogen-bond acceptors (Lipinski definition) is 3. The van der Waals surface area contributed by atoms with Crippen molar-refractivity contribution in [2.75, 3.05) is 0 Å². The fraction of sp³-hybridized carbons (Fsp3) is 0.130. The molecule has 1 atom stereocenters. The minimum atomic E-state index is -1.71. The van der Waals surface area contributed by atoms with Crippen LogP contribution in [0.25, 0.3) is 21.8 Å². The molecule has 0 bridgehead atoms. The van der Waals surface area contributed by atoms with Crippen LogP contribution < -0.4 is 5.73 Å². The number of carbonyl (C=O) groups excluding carboxylic acids is 1. The highest BCUT2D eigenvalue weighted by atomic mass is 16.4. The Hall–Kier alpha value is -3.64. The van der Waals surface area contributed by atoms with E-state index in [2.05, 4.69) is 0 Å². The molecule has 1 unspecified atom stereocenters. The number of aliphatic hydroxyl groups excluding tert-OH is 1. The number of primary amides is 1. The quantitative estimate of drug-likeness (QED) is 0.487. The SMILES string of the molecule is Cc1ccccc1Cn1c2cccc(C(N)=O)c2c2c(C(O)C(=O)O)cccc21. The fourth-order valence-electron chi connectivity index (χ4n) is 3.91. The summed E-state index contributed by atoms with van der Waals surface area (Å²) in [6, 6.07) is 18.4. The van der Waals surface area contributed by atoms with Crippen LogP contribution in [0.15, 0.2) is 60.7 Å². The van der Waals surface area contributed by atoms with Gasteiger partial charge in [-0.3, -0.25) is 4.79 Å². The summed E-state index contributed by atoms with van der Waals surface area (Å²) in [4.78, 5) is 23.6. The lowest BCUT2D eigenvalue weighted by molar-refractivity contribution is -0.146. The summed E-state index contributed by atoms with van der Waals surface area (Å²) in [7, 11) is 0. The van der Waals surface area contributed by atoms with E-state index in [1.165, 1.54) is 0 Å². The van der Waals surface area contributed by atoms with Gasteiger partial charge in [0.15, 0.2) is 6.10 Å². The van der Waals surface area contributed by atoms with E-state index in [-0.39, 0.29) is 5.56 Å².